The maximum atomic E-state index is 11.0. The van der Waals surface area contributed by atoms with Crippen LogP contribution in [0.5, 0.6) is 11.5 Å². The Morgan fingerprint density at radius 2 is 2.19 bits per heavy atom. The average Bonchev–Trinajstić information content (AvgIpc) is 2.93. The van der Waals surface area contributed by atoms with Gasteiger partial charge in [-0.25, -0.2) is 4.79 Å². The van der Waals surface area contributed by atoms with E-state index in [-0.39, 0.29) is 22.9 Å². The number of hydrogen-bond donors (Lipinski definition) is 1. The van der Waals surface area contributed by atoms with Crippen LogP contribution >= 0.6 is 11.3 Å². The first-order valence-electron chi connectivity index (χ1n) is 5.78. The van der Waals surface area contributed by atoms with Crippen LogP contribution in [-0.2, 0) is 6.61 Å². The molecule has 0 aliphatic carbocycles. The minimum absolute atomic E-state index is 0.0295. The van der Waals surface area contributed by atoms with Crippen molar-refractivity contribution in [3.05, 3.63) is 50.2 Å². The third-order valence-corrected chi connectivity index (χ3v) is 3.63. The van der Waals surface area contributed by atoms with Crippen LogP contribution in [0, 0.1) is 10.1 Å². The number of ether oxygens (including phenoxy) is 2. The minimum atomic E-state index is -1.05. The number of carboxylic acid groups (broad SMARTS) is 1. The molecule has 1 aromatic carbocycles. The first-order valence-corrected chi connectivity index (χ1v) is 6.65. The molecule has 7 nitrogen and oxygen atoms in total. The second-order valence-corrected chi connectivity index (χ2v) is 4.88. The van der Waals surface area contributed by atoms with Crippen molar-refractivity contribution in [1.82, 2.24) is 0 Å². The van der Waals surface area contributed by atoms with Crippen LogP contribution in [0.1, 0.15) is 15.2 Å². The average molecular weight is 309 g/mol. The van der Waals surface area contributed by atoms with E-state index in [0.717, 1.165) is 11.3 Å². The summed E-state index contributed by atoms with van der Waals surface area (Å²) in [5.41, 5.74) is 0.257. The van der Waals surface area contributed by atoms with Gasteiger partial charge in [0.25, 0.3) is 0 Å². The maximum absolute atomic E-state index is 11.0. The molecule has 0 fully saturated rings. The van der Waals surface area contributed by atoms with E-state index < -0.39 is 10.9 Å². The molecular weight excluding hydrogens is 298 g/mol. The summed E-state index contributed by atoms with van der Waals surface area (Å²) in [6.45, 7) is -0.0703. The Morgan fingerprint density at radius 3 is 2.81 bits per heavy atom. The highest BCUT2D eigenvalue weighted by Crippen LogP contribution is 2.32. The highest BCUT2D eigenvalue weighted by molar-refractivity contribution is 7.12. The predicted molar refractivity (Wildman–Crippen MR) is 75.3 cm³/mol. The molecule has 0 radical (unpaired) electrons. The van der Waals surface area contributed by atoms with Crippen molar-refractivity contribution in [2.24, 2.45) is 0 Å². The summed E-state index contributed by atoms with van der Waals surface area (Å²) in [7, 11) is 1.44. The molecule has 0 aliphatic heterocycles. The van der Waals surface area contributed by atoms with E-state index in [0.29, 0.717) is 11.3 Å². The van der Waals surface area contributed by atoms with Crippen LogP contribution in [0.15, 0.2) is 29.6 Å². The van der Waals surface area contributed by atoms with Crippen LogP contribution < -0.4 is 9.47 Å². The van der Waals surface area contributed by atoms with Crippen molar-refractivity contribution in [2.45, 2.75) is 6.61 Å². The second-order valence-electron chi connectivity index (χ2n) is 3.96. The molecule has 0 aliphatic rings. The SMILES string of the molecule is COc1ccc([N+](=O)[O-])c(OCc2ccsc2C(=O)O)c1. The molecule has 0 atom stereocenters. The van der Waals surface area contributed by atoms with Crippen molar-refractivity contribution < 1.29 is 24.3 Å². The zero-order chi connectivity index (χ0) is 15.4. The Morgan fingerprint density at radius 1 is 1.43 bits per heavy atom. The summed E-state index contributed by atoms with van der Waals surface area (Å²) in [5, 5.41) is 21.6. The van der Waals surface area contributed by atoms with Gasteiger partial charge in [0.1, 0.15) is 17.2 Å². The number of carboxylic acids is 1. The molecule has 0 saturated heterocycles. The Hall–Kier alpha value is -2.61. The van der Waals surface area contributed by atoms with E-state index in [2.05, 4.69) is 0 Å². The molecule has 21 heavy (non-hydrogen) atoms. The third-order valence-electron chi connectivity index (χ3n) is 2.69. The molecular formula is C13H11NO6S. The number of methoxy groups -OCH3 is 1. The molecule has 0 amide bonds. The number of carbonyl (C=O) groups is 1. The van der Waals surface area contributed by atoms with Crippen molar-refractivity contribution in [1.29, 1.82) is 0 Å². The lowest BCUT2D eigenvalue weighted by Crippen LogP contribution is -2.03. The summed E-state index contributed by atoms with van der Waals surface area (Å²) < 4.78 is 10.4. The van der Waals surface area contributed by atoms with Gasteiger partial charge in [0, 0.05) is 17.7 Å². The van der Waals surface area contributed by atoms with Gasteiger partial charge in [-0.1, -0.05) is 0 Å². The van der Waals surface area contributed by atoms with Crippen LogP contribution in [0.2, 0.25) is 0 Å². The number of nitrogens with zero attached hydrogens (tertiary/aromatic N) is 1. The monoisotopic (exact) mass is 309 g/mol. The molecule has 110 valence electrons. The van der Waals surface area contributed by atoms with Gasteiger partial charge in [-0.05, 0) is 17.5 Å². The normalized spacial score (nSPS) is 10.1. The van der Waals surface area contributed by atoms with E-state index in [4.69, 9.17) is 14.6 Å². The number of hydrogen-bond acceptors (Lipinski definition) is 6. The van der Waals surface area contributed by atoms with Gasteiger partial charge in [-0.2, -0.15) is 0 Å². The van der Waals surface area contributed by atoms with Crippen LogP contribution in [-0.4, -0.2) is 23.1 Å². The quantitative estimate of drug-likeness (QED) is 0.650. The molecule has 0 unspecified atom stereocenters. The number of thiophene rings is 1. The lowest BCUT2D eigenvalue weighted by Gasteiger charge is -2.08. The lowest BCUT2D eigenvalue weighted by atomic mass is 10.2. The zero-order valence-electron chi connectivity index (χ0n) is 10.9. The highest BCUT2D eigenvalue weighted by Gasteiger charge is 2.18. The number of aromatic carboxylic acids is 1. The summed E-state index contributed by atoms with van der Waals surface area (Å²) in [6, 6.07) is 5.74. The fourth-order valence-electron chi connectivity index (χ4n) is 1.68. The summed E-state index contributed by atoms with van der Waals surface area (Å²) >= 11 is 1.07. The summed E-state index contributed by atoms with van der Waals surface area (Å²) in [4.78, 5) is 21.5. The number of nitro benzene ring substituents is 1. The largest absolute Gasteiger partial charge is 0.497 e. The van der Waals surface area contributed by atoms with E-state index in [9.17, 15) is 14.9 Å². The van der Waals surface area contributed by atoms with Gasteiger partial charge >= 0.3 is 11.7 Å². The predicted octanol–water partition coefficient (Wildman–Crippen LogP) is 2.94. The zero-order valence-corrected chi connectivity index (χ0v) is 11.8. The van der Waals surface area contributed by atoms with Crippen LogP contribution in [0.3, 0.4) is 0 Å². The van der Waals surface area contributed by atoms with E-state index >= 15 is 0 Å². The first-order chi connectivity index (χ1) is 10.0. The van der Waals surface area contributed by atoms with Crippen molar-refractivity contribution in [3.8, 4) is 11.5 Å². The summed E-state index contributed by atoms with van der Waals surface area (Å²) in [5.74, 6) is -0.606. The van der Waals surface area contributed by atoms with Gasteiger partial charge in [0.2, 0.25) is 5.75 Å². The molecule has 1 heterocycles. The van der Waals surface area contributed by atoms with E-state index in [1.54, 1.807) is 11.4 Å². The van der Waals surface area contributed by atoms with Crippen molar-refractivity contribution in [3.63, 3.8) is 0 Å². The molecule has 0 bridgehead atoms. The smallest absolute Gasteiger partial charge is 0.346 e. The van der Waals surface area contributed by atoms with Gasteiger partial charge in [0.05, 0.1) is 12.0 Å². The molecule has 1 N–H and O–H groups in total. The number of nitro groups is 1. The Balaban J connectivity index is 2.24. The Kier molecular flexibility index (Phi) is 4.39. The first kappa shape index (κ1) is 14.8. The van der Waals surface area contributed by atoms with Gasteiger partial charge in [0.15, 0.2) is 0 Å². The molecule has 8 heteroatoms. The highest BCUT2D eigenvalue weighted by atomic mass is 32.1. The molecule has 0 spiro atoms. The number of benzene rings is 1. The molecule has 2 aromatic rings. The van der Waals surface area contributed by atoms with Gasteiger partial charge in [-0.3, -0.25) is 10.1 Å². The van der Waals surface area contributed by atoms with Crippen molar-refractivity contribution in [2.75, 3.05) is 7.11 Å². The van der Waals surface area contributed by atoms with Crippen LogP contribution in [0.25, 0.3) is 0 Å². The van der Waals surface area contributed by atoms with Gasteiger partial charge < -0.3 is 14.6 Å². The lowest BCUT2D eigenvalue weighted by molar-refractivity contribution is -0.386. The Bertz CT molecular complexity index is 681. The minimum Gasteiger partial charge on any atom is -0.497 e. The number of rotatable bonds is 6. The van der Waals surface area contributed by atoms with Gasteiger partial charge in [-0.15, -0.1) is 11.3 Å². The van der Waals surface area contributed by atoms with E-state index in [1.807, 2.05) is 0 Å². The second kappa shape index (κ2) is 6.23. The molecule has 2 rings (SSSR count). The third kappa shape index (κ3) is 3.29. The Labute approximate surface area is 123 Å². The molecule has 1 aromatic heterocycles. The maximum Gasteiger partial charge on any atom is 0.346 e. The molecule has 0 saturated carbocycles. The fraction of sp³-hybridized carbons (Fsp3) is 0.154. The topological polar surface area (TPSA) is 98.9 Å². The van der Waals surface area contributed by atoms with Crippen LogP contribution in [0.4, 0.5) is 5.69 Å². The summed E-state index contributed by atoms with van der Waals surface area (Å²) in [6.07, 6.45) is 0. The standard InChI is InChI=1S/C13H11NO6S/c1-19-9-2-3-10(14(17)18)11(6-9)20-7-8-4-5-21-12(8)13(15)16/h2-6H,7H2,1H3,(H,15,16). The van der Waals surface area contributed by atoms with E-state index in [1.165, 1.54) is 25.3 Å². The fourth-order valence-corrected chi connectivity index (χ4v) is 2.43. The van der Waals surface area contributed by atoms with Crippen molar-refractivity contribution >= 4 is 23.0 Å².